The van der Waals surface area contributed by atoms with Crippen molar-refractivity contribution in [2.24, 2.45) is 5.92 Å². The highest BCUT2D eigenvalue weighted by molar-refractivity contribution is 5.21. The number of aliphatic hydroxyl groups excluding tert-OH is 2. The Bertz CT molecular complexity index is 286. The molecular weight excluding hydrogens is 204 g/mol. The molecule has 1 aromatic rings. The van der Waals surface area contributed by atoms with Crippen LogP contribution in [-0.2, 0) is 4.74 Å². The van der Waals surface area contributed by atoms with E-state index in [9.17, 15) is 10.2 Å². The zero-order chi connectivity index (χ0) is 12.0. The van der Waals surface area contributed by atoms with Crippen molar-refractivity contribution >= 4 is 0 Å². The molecule has 0 amide bonds. The fourth-order valence-corrected chi connectivity index (χ4v) is 1.87. The summed E-state index contributed by atoms with van der Waals surface area (Å²) in [6.07, 6.45) is -0.590. The van der Waals surface area contributed by atoms with Crippen LogP contribution in [0.2, 0.25) is 0 Å². The van der Waals surface area contributed by atoms with E-state index in [1.165, 1.54) is 0 Å². The highest BCUT2D eigenvalue weighted by atomic mass is 16.5. The summed E-state index contributed by atoms with van der Waals surface area (Å²) in [7, 11) is 1.61. The van der Waals surface area contributed by atoms with E-state index in [0.717, 1.165) is 5.56 Å². The third kappa shape index (κ3) is 3.30. The van der Waals surface area contributed by atoms with Crippen molar-refractivity contribution in [2.45, 2.75) is 18.9 Å². The first-order valence-corrected chi connectivity index (χ1v) is 5.53. The summed E-state index contributed by atoms with van der Waals surface area (Å²) in [6.45, 7) is 2.35. The van der Waals surface area contributed by atoms with Crippen molar-refractivity contribution in [1.29, 1.82) is 0 Å². The summed E-state index contributed by atoms with van der Waals surface area (Å²) in [6, 6.07) is 9.58. The van der Waals surface area contributed by atoms with E-state index in [1.54, 1.807) is 7.11 Å². The predicted molar refractivity (Wildman–Crippen MR) is 63.3 cm³/mol. The average molecular weight is 224 g/mol. The summed E-state index contributed by atoms with van der Waals surface area (Å²) in [5.41, 5.74) is 0.959. The number of aliphatic hydroxyl groups is 2. The summed E-state index contributed by atoms with van der Waals surface area (Å²) in [5, 5.41) is 19.5. The largest absolute Gasteiger partial charge is 0.396 e. The van der Waals surface area contributed by atoms with Crippen molar-refractivity contribution in [3.63, 3.8) is 0 Å². The van der Waals surface area contributed by atoms with Gasteiger partial charge >= 0.3 is 0 Å². The minimum absolute atomic E-state index is 0.00218. The van der Waals surface area contributed by atoms with Gasteiger partial charge in [0.05, 0.1) is 19.3 Å². The number of ether oxygens (including phenoxy) is 1. The standard InChI is InChI=1S/C13H20O3/c1-10(9-16-2)13(15)12(8-14)11-6-4-3-5-7-11/h3-7,10,12-15H,8-9H2,1-2H3. The van der Waals surface area contributed by atoms with Crippen LogP contribution >= 0.6 is 0 Å². The first kappa shape index (κ1) is 13.2. The molecule has 0 saturated carbocycles. The molecule has 0 heterocycles. The smallest absolute Gasteiger partial charge is 0.0678 e. The molecule has 0 saturated heterocycles. The molecule has 16 heavy (non-hydrogen) atoms. The van der Waals surface area contributed by atoms with Gasteiger partial charge in [0.1, 0.15) is 0 Å². The zero-order valence-electron chi connectivity index (χ0n) is 9.84. The minimum Gasteiger partial charge on any atom is -0.396 e. The van der Waals surface area contributed by atoms with Crippen LogP contribution in [0.3, 0.4) is 0 Å². The molecule has 0 fully saturated rings. The molecule has 3 heteroatoms. The Labute approximate surface area is 96.7 Å². The van der Waals surface area contributed by atoms with Crippen LogP contribution in [0.1, 0.15) is 18.4 Å². The van der Waals surface area contributed by atoms with Crippen molar-refractivity contribution in [1.82, 2.24) is 0 Å². The summed E-state index contributed by atoms with van der Waals surface area (Å²) < 4.78 is 5.01. The number of rotatable bonds is 6. The molecule has 0 aliphatic heterocycles. The number of methoxy groups -OCH3 is 1. The maximum atomic E-state index is 10.1. The molecule has 3 unspecified atom stereocenters. The van der Waals surface area contributed by atoms with E-state index < -0.39 is 6.10 Å². The maximum Gasteiger partial charge on any atom is 0.0678 e. The van der Waals surface area contributed by atoms with Crippen LogP contribution in [0.25, 0.3) is 0 Å². The quantitative estimate of drug-likeness (QED) is 0.768. The Kier molecular flexibility index (Phi) is 5.46. The highest BCUT2D eigenvalue weighted by Gasteiger charge is 2.25. The third-order valence-electron chi connectivity index (χ3n) is 2.85. The van der Waals surface area contributed by atoms with Gasteiger partial charge in [0, 0.05) is 18.9 Å². The second kappa shape index (κ2) is 6.63. The Balaban J connectivity index is 2.74. The minimum atomic E-state index is -0.590. The lowest BCUT2D eigenvalue weighted by atomic mass is 9.87. The van der Waals surface area contributed by atoms with Crippen molar-refractivity contribution < 1.29 is 14.9 Å². The van der Waals surface area contributed by atoms with Crippen LogP contribution in [0.4, 0.5) is 0 Å². The summed E-state index contributed by atoms with van der Waals surface area (Å²) in [5.74, 6) is -0.242. The van der Waals surface area contributed by atoms with E-state index in [-0.39, 0.29) is 18.4 Å². The van der Waals surface area contributed by atoms with Gasteiger partial charge in [0.25, 0.3) is 0 Å². The van der Waals surface area contributed by atoms with Gasteiger partial charge < -0.3 is 14.9 Å². The molecule has 3 atom stereocenters. The van der Waals surface area contributed by atoms with Gasteiger partial charge in [-0.15, -0.1) is 0 Å². The number of hydrogen-bond acceptors (Lipinski definition) is 3. The zero-order valence-corrected chi connectivity index (χ0v) is 9.84. The van der Waals surface area contributed by atoms with Gasteiger partial charge in [-0.25, -0.2) is 0 Å². The monoisotopic (exact) mass is 224 g/mol. The van der Waals surface area contributed by atoms with Crippen LogP contribution in [0.5, 0.6) is 0 Å². The molecule has 0 aromatic heterocycles. The van der Waals surface area contributed by atoms with Crippen LogP contribution in [0, 0.1) is 5.92 Å². The third-order valence-corrected chi connectivity index (χ3v) is 2.85. The molecule has 0 bridgehead atoms. The average Bonchev–Trinajstić information content (AvgIpc) is 2.31. The molecule has 0 radical (unpaired) electrons. The fourth-order valence-electron chi connectivity index (χ4n) is 1.87. The van der Waals surface area contributed by atoms with Crippen molar-refractivity contribution in [3.8, 4) is 0 Å². The lowest BCUT2D eigenvalue weighted by Crippen LogP contribution is -2.30. The van der Waals surface area contributed by atoms with Crippen LogP contribution in [0.15, 0.2) is 30.3 Å². The van der Waals surface area contributed by atoms with E-state index in [2.05, 4.69) is 0 Å². The van der Waals surface area contributed by atoms with Gasteiger partial charge in [0.2, 0.25) is 0 Å². The molecule has 0 spiro atoms. The summed E-state index contributed by atoms with van der Waals surface area (Å²) in [4.78, 5) is 0. The van der Waals surface area contributed by atoms with Gasteiger partial charge in [-0.1, -0.05) is 37.3 Å². The van der Waals surface area contributed by atoms with E-state index in [1.807, 2.05) is 37.3 Å². The van der Waals surface area contributed by atoms with Gasteiger partial charge in [-0.2, -0.15) is 0 Å². The normalized spacial score (nSPS) is 16.8. The first-order valence-electron chi connectivity index (χ1n) is 5.53. The van der Waals surface area contributed by atoms with Gasteiger partial charge in [0.15, 0.2) is 0 Å². The van der Waals surface area contributed by atoms with E-state index in [0.29, 0.717) is 6.61 Å². The molecule has 90 valence electrons. The van der Waals surface area contributed by atoms with E-state index >= 15 is 0 Å². The second-order valence-electron chi connectivity index (χ2n) is 4.12. The van der Waals surface area contributed by atoms with Gasteiger partial charge in [-0.3, -0.25) is 0 Å². The Morgan fingerprint density at radius 1 is 1.25 bits per heavy atom. The maximum absolute atomic E-state index is 10.1. The SMILES string of the molecule is COCC(C)C(O)C(CO)c1ccccc1. The summed E-state index contributed by atoms with van der Waals surface area (Å²) >= 11 is 0. The number of hydrogen-bond donors (Lipinski definition) is 2. The molecule has 0 aliphatic carbocycles. The highest BCUT2D eigenvalue weighted by Crippen LogP contribution is 2.24. The fraction of sp³-hybridized carbons (Fsp3) is 0.538. The van der Waals surface area contributed by atoms with Crippen molar-refractivity contribution in [3.05, 3.63) is 35.9 Å². The lowest BCUT2D eigenvalue weighted by Gasteiger charge is -2.26. The van der Waals surface area contributed by atoms with Gasteiger partial charge in [-0.05, 0) is 5.56 Å². The molecule has 1 rings (SSSR count). The second-order valence-corrected chi connectivity index (χ2v) is 4.12. The van der Waals surface area contributed by atoms with Crippen LogP contribution in [-0.4, -0.2) is 36.6 Å². The number of benzene rings is 1. The molecule has 2 N–H and O–H groups in total. The molecule has 1 aromatic carbocycles. The first-order chi connectivity index (χ1) is 7.70. The topological polar surface area (TPSA) is 49.7 Å². The lowest BCUT2D eigenvalue weighted by molar-refractivity contribution is 0.0252. The van der Waals surface area contributed by atoms with Crippen molar-refractivity contribution in [2.75, 3.05) is 20.3 Å². The molecule has 3 nitrogen and oxygen atoms in total. The van der Waals surface area contributed by atoms with E-state index in [4.69, 9.17) is 4.74 Å². The predicted octanol–water partition coefficient (Wildman–Crippen LogP) is 1.41. The Morgan fingerprint density at radius 2 is 1.88 bits per heavy atom. The van der Waals surface area contributed by atoms with Crippen LogP contribution < -0.4 is 0 Å². The Morgan fingerprint density at radius 3 is 2.38 bits per heavy atom. The molecular formula is C13H20O3. The Hall–Kier alpha value is -0.900. The molecule has 0 aliphatic rings.